The summed E-state index contributed by atoms with van der Waals surface area (Å²) < 4.78 is 27.6. The number of halogens is 3. The number of amidine groups is 1. The molecule has 2 aromatic carbocycles. The number of nitrogens with zero attached hydrogens (tertiary/aromatic N) is 2. The van der Waals surface area contributed by atoms with Gasteiger partial charge in [-0.1, -0.05) is 12.1 Å². The van der Waals surface area contributed by atoms with Gasteiger partial charge in [-0.2, -0.15) is 0 Å². The molecule has 1 aromatic heterocycles. The van der Waals surface area contributed by atoms with Crippen LogP contribution in [0.5, 0.6) is 0 Å². The molecular weight excluding hydrogens is 570 g/mol. The lowest BCUT2D eigenvalue weighted by Gasteiger charge is -2.38. The molecular formula is C28H31BrF2N6O2. The molecule has 1 aliphatic heterocycles. The number of H-pyrrole nitrogens is 1. The van der Waals surface area contributed by atoms with E-state index < -0.39 is 5.54 Å². The van der Waals surface area contributed by atoms with Crippen molar-refractivity contribution >= 4 is 50.7 Å². The number of carbonyl (C=O) groups excluding carboxylic acids is 2. The van der Waals surface area contributed by atoms with Crippen LogP contribution in [0.4, 0.5) is 13.6 Å². The third kappa shape index (κ3) is 6.83. The Morgan fingerprint density at radius 3 is 2.67 bits per heavy atom. The average Bonchev–Trinajstić information content (AvgIpc) is 3.31. The van der Waals surface area contributed by atoms with E-state index in [1.807, 2.05) is 13.1 Å². The maximum Gasteiger partial charge on any atom is 0.317 e. The molecule has 1 aliphatic rings. The zero-order chi connectivity index (χ0) is 28.0. The van der Waals surface area contributed by atoms with Crippen LogP contribution in [0.1, 0.15) is 30.9 Å². The van der Waals surface area contributed by atoms with Crippen molar-refractivity contribution in [2.75, 3.05) is 26.2 Å². The summed E-state index contributed by atoms with van der Waals surface area (Å²) in [6.07, 6.45) is 6.16. The molecule has 0 unspecified atom stereocenters. The number of piperidine rings is 1. The van der Waals surface area contributed by atoms with Crippen molar-refractivity contribution in [3.8, 4) is 0 Å². The van der Waals surface area contributed by atoms with E-state index in [2.05, 4.69) is 36.5 Å². The fourth-order valence-electron chi connectivity index (χ4n) is 4.65. The maximum atomic E-state index is 13.7. The Labute approximate surface area is 233 Å². The van der Waals surface area contributed by atoms with E-state index in [4.69, 9.17) is 5.73 Å². The highest BCUT2D eigenvalue weighted by Crippen LogP contribution is 2.28. The number of nitrogens with one attached hydrogen (secondary N) is 3. The van der Waals surface area contributed by atoms with E-state index in [1.165, 1.54) is 18.2 Å². The van der Waals surface area contributed by atoms with Gasteiger partial charge in [0.05, 0.1) is 4.47 Å². The van der Waals surface area contributed by atoms with Crippen molar-refractivity contribution in [2.24, 2.45) is 10.7 Å². The van der Waals surface area contributed by atoms with Crippen molar-refractivity contribution < 1.29 is 18.4 Å². The van der Waals surface area contributed by atoms with Gasteiger partial charge in [0.15, 0.2) is 0 Å². The number of nitrogens with two attached hydrogens (primary N) is 1. The Bertz CT molecular complexity index is 1410. The number of hydrogen-bond donors (Lipinski definition) is 4. The van der Waals surface area contributed by atoms with E-state index >= 15 is 0 Å². The Morgan fingerprint density at radius 2 is 1.95 bits per heavy atom. The highest BCUT2D eigenvalue weighted by molar-refractivity contribution is 9.10. The topological polar surface area (TPSA) is 116 Å². The fraction of sp³-hybridized carbons (Fsp3) is 0.321. The molecule has 5 N–H and O–H groups in total. The van der Waals surface area contributed by atoms with Crippen LogP contribution in [0.2, 0.25) is 0 Å². The molecule has 39 heavy (non-hydrogen) atoms. The van der Waals surface area contributed by atoms with Gasteiger partial charge in [0.1, 0.15) is 23.0 Å². The number of benzene rings is 2. The number of rotatable bonds is 8. The molecule has 0 spiro atoms. The fourth-order valence-corrected chi connectivity index (χ4v) is 5.04. The first-order valence-electron chi connectivity index (χ1n) is 12.8. The van der Waals surface area contributed by atoms with Crippen molar-refractivity contribution in [1.82, 2.24) is 20.5 Å². The van der Waals surface area contributed by atoms with Gasteiger partial charge >= 0.3 is 6.03 Å². The molecule has 8 nitrogen and oxygen atoms in total. The van der Waals surface area contributed by atoms with Crippen molar-refractivity contribution in [1.29, 1.82) is 0 Å². The summed E-state index contributed by atoms with van der Waals surface area (Å²) in [7, 11) is 0. The third-order valence-electron chi connectivity index (χ3n) is 6.77. The first kappa shape index (κ1) is 28.3. The predicted molar refractivity (Wildman–Crippen MR) is 152 cm³/mol. The minimum absolute atomic E-state index is 0.143. The van der Waals surface area contributed by atoms with Gasteiger partial charge in [0, 0.05) is 43.3 Å². The number of fused-ring (bicyclic) bond motifs is 1. The zero-order valence-electron chi connectivity index (χ0n) is 21.6. The van der Waals surface area contributed by atoms with Crippen LogP contribution in [0, 0.1) is 11.6 Å². The van der Waals surface area contributed by atoms with Gasteiger partial charge in [0.25, 0.3) is 0 Å². The zero-order valence-corrected chi connectivity index (χ0v) is 23.2. The number of aromatic nitrogens is 1. The number of urea groups is 1. The Kier molecular flexibility index (Phi) is 9.01. The summed E-state index contributed by atoms with van der Waals surface area (Å²) in [5.41, 5.74) is 7.50. The molecule has 0 aliphatic carbocycles. The van der Waals surface area contributed by atoms with Crippen LogP contribution in [0.3, 0.4) is 0 Å². The molecule has 1 saturated heterocycles. The number of amides is 3. The van der Waals surface area contributed by atoms with Crippen LogP contribution in [0.15, 0.2) is 58.1 Å². The second-order valence-corrected chi connectivity index (χ2v) is 10.3. The standard InChI is InChI=1S/C28H31BrF2N6O2/c1-2-33-27(39)37-13-10-28(11-14-37,36-25(32)8-4-18-3-6-23(31)22(29)15-18)26(38)34-12-9-19-17-35-24-7-5-20(30)16-21(19)24/h3-8,15-17,35H,2,9-14H2,1H3,(H2,32,36)(H,33,39)(H,34,38)/b8-4+. The number of hydrogen-bond acceptors (Lipinski definition) is 3. The van der Waals surface area contributed by atoms with E-state index in [-0.39, 0.29) is 29.4 Å². The van der Waals surface area contributed by atoms with E-state index in [9.17, 15) is 18.4 Å². The molecule has 0 atom stereocenters. The number of likely N-dealkylation sites (tertiary alicyclic amines) is 1. The van der Waals surface area contributed by atoms with Crippen LogP contribution >= 0.6 is 15.9 Å². The number of carbonyl (C=O) groups is 2. The predicted octanol–water partition coefficient (Wildman–Crippen LogP) is 4.50. The Morgan fingerprint density at radius 1 is 1.18 bits per heavy atom. The largest absolute Gasteiger partial charge is 0.384 e. The quantitative estimate of drug-likeness (QED) is 0.225. The summed E-state index contributed by atoms with van der Waals surface area (Å²) in [5.74, 6) is -0.841. The second-order valence-electron chi connectivity index (χ2n) is 9.41. The molecule has 0 saturated carbocycles. The first-order chi connectivity index (χ1) is 18.7. The van der Waals surface area contributed by atoms with Crippen LogP contribution < -0.4 is 16.4 Å². The van der Waals surface area contributed by atoms with E-state index in [0.29, 0.717) is 55.5 Å². The van der Waals surface area contributed by atoms with Crippen molar-refractivity contribution in [2.45, 2.75) is 31.7 Å². The summed E-state index contributed by atoms with van der Waals surface area (Å²) in [6, 6.07) is 8.92. The summed E-state index contributed by atoms with van der Waals surface area (Å²) in [6.45, 7) is 3.35. The normalized spacial score (nSPS) is 15.6. The molecule has 1 fully saturated rings. The highest BCUT2D eigenvalue weighted by Gasteiger charge is 2.42. The van der Waals surface area contributed by atoms with Crippen molar-refractivity contribution in [3.05, 3.63) is 75.9 Å². The molecule has 206 valence electrons. The third-order valence-corrected chi connectivity index (χ3v) is 7.38. The first-order valence-corrected chi connectivity index (χ1v) is 13.5. The summed E-state index contributed by atoms with van der Waals surface area (Å²) in [5, 5.41) is 6.53. The van der Waals surface area contributed by atoms with Crippen molar-refractivity contribution in [3.63, 3.8) is 0 Å². The van der Waals surface area contributed by atoms with Gasteiger partial charge in [0.2, 0.25) is 5.91 Å². The van der Waals surface area contributed by atoms with Crippen LogP contribution in [0.25, 0.3) is 17.0 Å². The van der Waals surface area contributed by atoms with Gasteiger partial charge in [-0.25, -0.2) is 13.6 Å². The van der Waals surface area contributed by atoms with Crippen LogP contribution in [-0.2, 0) is 11.2 Å². The summed E-state index contributed by atoms with van der Waals surface area (Å²) in [4.78, 5) is 35.3. The van der Waals surface area contributed by atoms with E-state index in [1.54, 1.807) is 35.3 Å². The Hall–Kier alpha value is -3.73. The minimum Gasteiger partial charge on any atom is -0.384 e. The molecule has 4 rings (SSSR count). The molecule has 11 heteroatoms. The molecule has 2 heterocycles. The Balaban J connectivity index is 1.49. The molecule has 3 aromatic rings. The average molecular weight is 601 g/mol. The molecule has 0 bridgehead atoms. The van der Waals surface area contributed by atoms with Gasteiger partial charge < -0.3 is 26.3 Å². The summed E-state index contributed by atoms with van der Waals surface area (Å²) >= 11 is 3.16. The van der Waals surface area contributed by atoms with Crippen LogP contribution in [-0.4, -0.2) is 59.4 Å². The molecule has 0 radical (unpaired) electrons. The number of aromatic amines is 1. The minimum atomic E-state index is -1.16. The van der Waals surface area contributed by atoms with Gasteiger partial charge in [-0.3, -0.25) is 9.79 Å². The monoisotopic (exact) mass is 600 g/mol. The lowest BCUT2D eigenvalue weighted by Crippen LogP contribution is -2.56. The van der Waals surface area contributed by atoms with Gasteiger partial charge in [-0.15, -0.1) is 0 Å². The lowest BCUT2D eigenvalue weighted by molar-refractivity contribution is -0.127. The maximum absolute atomic E-state index is 13.7. The second kappa shape index (κ2) is 12.4. The van der Waals surface area contributed by atoms with E-state index in [0.717, 1.165) is 16.5 Å². The smallest absolute Gasteiger partial charge is 0.317 e. The SMILES string of the molecule is CCNC(=O)N1CCC(N=C(N)/C=C/c2ccc(F)c(Br)c2)(C(=O)NCCc2c[nH]c3ccc(F)cc23)CC1. The highest BCUT2D eigenvalue weighted by atomic mass is 79.9. The number of aliphatic imine (C=N–C) groups is 1. The lowest BCUT2D eigenvalue weighted by atomic mass is 9.87. The molecule has 3 amide bonds. The van der Waals surface area contributed by atoms with Gasteiger partial charge in [-0.05, 0) is 89.7 Å².